The minimum atomic E-state index is 0.610. The molecule has 0 saturated carbocycles. The first-order chi connectivity index (χ1) is 6.02. The third-order valence-corrected chi connectivity index (χ3v) is 3.00. The Labute approximate surface area is 83.7 Å². The summed E-state index contributed by atoms with van der Waals surface area (Å²) in [5, 5.41) is 3.37. The van der Waals surface area contributed by atoms with Crippen LogP contribution in [0.5, 0.6) is 0 Å². The fourth-order valence-corrected chi connectivity index (χ4v) is 1.44. The number of hydrogen-bond acceptors (Lipinski definition) is 2. The molecule has 0 aliphatic rings. The molecule has 0 aliphatic heterocycles. The van der Waals surface area contributed by atoms with Gasteiger partial charge in [0.05, 0.1) is 0 Å². The predicted octanol–water partition coefficient (Wildman–Crippen LogP) is 1.96. The third kappa shape index (κ3) is 4.63. The summed E-state index contributed by atoms with van der Waals surface area (Å²) in [6, 6.07) is 1.30. The van der Waals surface area contributed by atoms with Gasteiger partial charge in [-0.2, -0.15) is 0 Å². The second-order valence-electron chi connectivity index (χ2n) is 4.34. The van der Waals surface area contributed by atoms with Crippen LogP contribution in [0.4, 0.5) is 0 Å². The lowest BCUT2D eigenvalue weighted by molar-refractivity contribution is 0.207. The molecule has 0 rings (SSSR count). The molecule has 0 heterocycles. The highest BCUT2D eigenvalue weighted by Crippen LogP contribution is 2.06. The fourth-order valence-electron chi connectivity index (χ4n) is 1.44. The van der Waals surface area contributed by atoms with Gasteiger partial charge in [0, 0.05) is 18.6 Å². The molecule has 2 heteroatoms. The van der Waals surface area contributed by atoms with Crippen LogP contribution in [-0.2, 0) is 0 Å². The highest BCUT2D eigenvalue weighted by molar-refractivity contribution is 4.74. The molecule has 0 radical (unpaired) electrons. The third-order valence-electron chi connectivity index (χ3n) is 3.00. The molecule has 80 valence electrons. The summed E-state index contributed by atoms with van der Waals surface area (Å²) in [6.45, 7) is 10.2. The molecular weight excluding hydrogens is 160 g/mol. The van der Waals surface area contributed by atoms with Crippen LogP contribution >= 0.6 is 0 Å². The van der Waals surface area contributed by atoms with Crippen molar-refractivity contribution in [1.82, 2.24) is 10.2 Å². The molecule has 1 N–H and O–H groups in total. The topological polar surface area (TPSA) is 15.3 Å². The zero-order valence-electron chi connectivity index (χ0n) is 10.1. The lowest BCUT2D eigenvalue weighted by Crippen LogP contribution is -2.44. The lowest BCUT2D eigenvalue weighted by atomic mass is 10.0. The zero-order chi connectivity index (χ0) is 10.4. The second-order valence-corrected chi connectivity index (χ2v) is 4.34. The summed E-state index contributed by atoms with van der Waals surface area (Å²) in [6.07, 6.45) is 1.23. The molecule has 0 spiro atoms. The van der Waals surface area contributed by atoms with Gasteiger partial charge < -0.3 is 10.2 Å². The Morgan fingerprint density at radius 1 is 1.23 bits per heavy atom. The first kappa shape index (κ1) is 12.9. The van der Waals surface area contributed by atoms with E-state index < -0.39 is 0 Å². The van der Waals surface area contributed by atoms with Crippen LogP contribution in [0.2, 0.25) is 0 Å². The summed E-state index contributed by atoms with van der Waals surface area (Å²) in [7, 11) is 4.26. The van der Waals surface area contributed by atoms with E-state index in [1.165, 1.54) is 6.42 Å². The smallest absolute Gasteiger partial charge is 0.0214 e. The van der Waals surface area contributed by atoms with E-state index in [1.54, 1.807) is 0 Å². The SMILES string of the molecule is CCC(C)N(C)CC(NC)C(C)C. The summed E-state index contributed by atoms with van der Waals surface area (Å²) >= 11 is 0. The van der Waals surface area contributed by atoms with Gasteiger partial charge in [0.2, 0.25) is 0 Å². The van der Waals surface area contributed by atoms with E-state index >= 15 is 0 Å². The van der Waals surface area contributed by atoms with Crippen molar-refractivity contribution in [3.8, 4) is 0 Å². The van der Waals surface area contributed by atoms with E-state index in [0.717, 1.165) is 6.54 Å². The molecule has 0 aromatic rings. The van der Waals surface area contributed by atoms with Crippen LogP contribution in [0, 0.1) is 5.92 Å². The van der Waals surface area contributed by atoms with Crippen molar-refractivity contribution < 1.29 is 0 Å². The van der Waals surface area contributed by atoms with Crippen molar-refractivity contribution in [1.29, 1.82) is 0 Å². The van der Waals surface area contributed by atoms with E-state index in [2.05, 4.69) is 52.0 Å². The van der Waals surface area contributed by atoms with Gasteiger partial charge in [-0.05, 0) is 33.4 Å². The highest BCUT2D eigenvalue weighted by atomic mass is 15.1. The van der Waals surface area contributed by atoms with Crippen molar-refractivity contribution in [2.24, 2.45) is 5.92 Å². The average molecular weight is 186 g/mol. The lowest BCUT2D eigenvalue weighted by Gasteiger charge is -2.30. The van der Waals surface area contributed by atoms with Crippen molar-refractivity contribution in [2.45, 2.75) is 46.2 Å². The average Bonchev–Trinajstić information content (AvgIpc) is 2.11. The van der Waals surface area contributed by atoms with E-state index in [-0.39, 0.29) is 0 Å². The standard InChI is InChI=1S/C11H26N2/c1-7-10(4)13(6)8-11(12-5)9(2)3/h9-12H,7-8H2,1-6H3. The number of likely N-dealkylation sites (N-methyl/N-ethyl adjacent to an activating group) is 2. The van der Waals surface area contributed by atoms with Crippen LogP contribution in [0.1, 0.15) is 34.1 Å². The number of rotatable bonds is 6. The number of nitrogens with zero attached hydrogens (tertiary/aromatic N) is 1. The van der Waals surface area contributed by atoms with Gasteiger partial charge in [0.25, 0.3) is 0 Å². The Balaban J connectivity index is 3.93. The van der Waals surface area contributed by atoms with Crippen LogP contribution in [-0.4, -0.2) is 37.6 Å². The number of hydrogen-bond donors (Lipinski definition) is 1. The molecule has 2 nitrogen and oxygen atoms in total. The summed E-state index contributed by atoms with van der Waals surface area (Å²) < 4.78 is 0. The van der Waals surface area contributed by atoms with E-state index in [1.807, 2.05) is 0 Å². The zero-order valence-corrected chi connectivity index (χ0v) is 10.1. The van der Waals surface area contributed by atoms with E-state index in [4.69, 9.17) is 0 Å². The van der Waals surface area contributed by atoms with Gasteiger partial charge >= 0.3 is 0 Å². The second kappa shape index (κ2) is 6.39. The Bertz CT molecular complexity index is 123. The molecule has 0 fully saturated rings. The Kier molecular flexibility index (Phi) is 6.35. The van der Waals surface area contributed by atoms with Gasteiger partial charge in [-0.25, -0.2) is 0 Å². The molecule has 0 amide bonds. The molecule has 2 atom stereocenters. The molecule has 0 saturated heterocycles. The fraction of sp³-hybridized carbons (Fsp3) is 1.00. The van der Waals surface area contributed by atoms with Crippen molar-refractivity contribution in [3.05, 3.63) is 0 Å². The first-order valence-electron chi connectivity index (χ1n) is 5.40. The van der Waals surface area contributed by atoms with E-state index in [0.29, 0.717) is 18.0 Å². The van der Waals surface area contributed by atoms with Crippen molar-refractivity contribution >= 4 is 0 Å². The van der Waals surface area contributed by atoms with Crippen LogP contribution in [0.3, 0.4) is 0 Å². The maximum atomic E-state index is 3.37. The first-order valence-corrected chi connectivity index (χ1v) is 5.40. The minimum absolute atomic E-state index is 0.610. The minimum Gasteiger partial charge on any atom is -0.315 e. The maximum absolute atomic E-state index is 3.37. The van der Waals surface area contributed by atoms with Gasteiger partial charge in [-0.15, -0.1) is 0 Å². The quantitative estimate of drug-likeness (QED) is 0.682. The Morgan fingerprint density at radius 3 is 2.08 bits per heavy atom. The molecular formula is C11H26N2. The van der Waals surface area contributed by atoms with Crippen LogP contribution in [0.25, 0.3) is 0 Å². The van der Waals surface area contributed by atoms with Gasteiger partial charge in [0.1, 0.15) is 0 Å². The van der Waals surface area contributed by atoms with Gasteiger partial charge in [-0.1, -0.05) is 20.8 Å². The predicted molar refractivity (Wildman–Crippen MR) is 60.1 cm³/mol. The maximum Gasteiger partial charge on any atom is 0.0214 e. The van der Waals surface area contributed by atoms with Crippen molar-refractivity contribution in [3.63, 3.8) is 0 Å². The van der Waals surface area contributed by atoms with Crippen LogP contribution in [0.15, 0.2) is 0 Å². The van der Waals surface area contributed by atoms with Gasteiger partial charge in [0.15, 0.2) is 0 Å². The normalized spacial score (nSPS) is 16.6. The molecule has 0 bridgehead atoms. The largest absolute Gasteiger partial charge is 0.315 e. The molecule has 0 aliphatic carbocycles. The molecule has 2 unspecified atom stereocenters. The molecule has 13 heavy (non-hydrogen) atoms. The summed E-state index contributed by atoms with van der Waals surface area (Å²) in [4.78, 5) is 2.43. The molecule has 0 aromatic heterocycles. The Hall–Kier alpha value is -0.0800. The van der Waals surface area contributed by atoms with E-state index in [9.17, 15) is 0 Å². The van der Waals surface area contributed by atoms with Crippen LogP contribution < -0.4 is 5.32 Å². The summed E-state index contributed by atoms with van der Waals surface area (Å²) in [5.41, 5.74) is 0. The summed E-state index contributed by atoms with van der Waals surface area (Å²) in [5.74, 6) is 0.705. The highest BCUT2D eigenvalue weighted by Gasteiger charge is 2.15. The van der Waals surface area contributed by atoms with Gasteiger partial charge in [-0.3, -0.25) is 0 Å². The molecule has 0 aromatic carbocycles. The Morgan fingerprint density at radius 2 is 1.77 bits per heavy atom. The number of nitrogens with one attached hydrogen (secondary N) is 1. The monoisotopic (exact) mass is 186 g/mol. The van der Waals surface area contributed by atoms with Crippen molar-refractivity contribution in [2.75, 3.05) is 20.6 Å².